The van der Waals surface area contributed by atoms with E-state index in [1.807, 2.05) is 0 Å². The molecule has 1 rings (SSSR count). The van der Waals surface area contributed by atoms with Crippen LogP contribution in [0.25, 0.3) is 10.4 Å². The lowest BCUT2D eigenvalue weighted by Gasteiger charge is -2.20. The predicted octanol–water partition coefficient (Wildman–Crippen LogP) is 3.33. The molecule has 0 saturated carbocycles. The zero-order valence-corrected chi connectivity index (χ0v) is 9.47. The quantitative estimate of drug-likeness (QED) is 0.361. The van der Waals surface area contributed by atoms with Crippen LogP contribution in [0.1, 0.15) is 17.4 Å². The topological polar surface area (TPSA) is 80.1 Å². The summed E-state index contributed by atoms with van der Waals surface area (Å²) in [6, 6.07) is 0. The van der Waals surface area contributed by atoms with Gasteiger partial charge in [0.05, 0.1) is 11.3 Å². The van der Waals surface area contributed by atoms with Gasteiger partial charge in [-0.2, -0.15) is 13.2 Å². The normalized spacial score (nSPS) is 11.4. The van der Waals surface area contributed by atoms with Crippen molar-refractivity contribution in [3.63, 3.8) is 0 Å². The molecule has 1 heterocycles. The van der Waals surface area contributed by atoms with Crippen molar-refractivity contribution in [1.29, 1.82) is 0 Å². The van der Waals surface area contributed by atoms with E-state index < -0.39 is 23.6 Å². The molecule has 0 aromatic carbocycles. The van der Waals surface area contributed by atoms with E-state index in [2.05, 4.69) is 15.0 Å². The minimum absolute atomic E-state index is 0.291. The SMILES string of the molecule is COC(OC)c1c(N=[N+]=[N-])cncc1C(F)(F)F. The van der Waals surface area contributed by atoms with E-state index >= 15 is 0 Å². The van der Waals surface area contributed by atoms with E-state index in [9.17, 15) is 13.2 Å². The molecule has 0 spiro atoms. The fourth-order valence-corrected chi connectivity index (χ4v) is 1.39. The molecule has 0 aliphatic heterocycles. The van der Waals surface area contributed by atoms with E-state index in [0.29, 0.717) is 6.20 Å². The molecular formula is C9H9F3N4O2. The molecule has 0 amide bonds. The van der Waals surface area contributed by atoms with Gasteiger partial charge in [-0.1, -0.05) is 5.11 Å². The lowest BCUT2D eigenvalue weighted by molar-refractivity contribution is -0.147. The third-order valence-corrected chi connectivity index (χ3v) is 2.09. The van der Waals surface area contributed by atoms with Crippen LogP contribution in [0, 0.1) is 0 Å². The van der Waals surface area contributed by atoms with Gasteiger partial charge in [0.25, 0.3) is 0 Å². The van der Waals surface area contributed by atoms with Gasteiger partial charge in [0.1, 0.15) is 0 Å². The zero-order chi connectivity index (χ0) is 13.8. The number of azide groups is 1. The number of ether oxygens (including phenoxy) is 2. The van der Waals surface area contributed by atoms with Crippen LogP contribution in [0.2, 0.25) is 0 Å². The number of rotatable bonds is 4. The summed E-state index contributed by atoms with van der Waals surface area (Å²) in [7, 11) is 2.35. The van der Waals surface area contributed by atoms with E-state index in [0.717, 1.165) is 6.20 Å². The maximum absolute atomic E-state index is 12.8. The Morgan fingerprint density at radius 3 is 2.39 bits per heavy atom. The zero-order valence-electron chi connectivity index (χ0n) is 9.47. The number of halogens is 3. The van der Waals surface area contributed by atoms with Crippen molar-refractivity contribution >= 4 is 5.69 Å². The number of pyridine rings is 1. The Labute approximate surface area is 100.0 Å². The monoisotopic (exact) mass is 262 g/mol. The maximum Gasteiger partial charge on any atom is 0.418 e. The molecular weight excluding hydrogens is 253 g/mol. The highest BCUT2D eigenvalue weighted by Crippen LogP contribution is 2.39. The first kappa shape index (κ1) is 14.2. The van der Waals surface area contributed by atoms with Crippen LogP contribution in [0.4, 0.5) is 18.9 Å². The smallest absolute Gasteiger partial charge is 0.352 e. The molecule has 0 saturated heterocycles. The van der Waals surface area contributed by atoms with E-state index in [1.54, 1.807) is 0 Å². The summed E-state index contributed by atoms with van der Waals surface area (Å²) < 4.78 is 48.0. The average molecular weight is 262 g/mol. The molecule has 0 atom stereocenters. The molecule has 6 nitrogen and oxygen atoms in total. The van der Waals surface area contributed by atoms with Crippen LogP contribution in [0.3, 0.4) is 0 Å². The molecule has 1 aromatic heterocycles. The average Bonchev–Trinajstić information content (AvgIpc) is 2.31. The third kappa shape index (κ3) is 2.89. The molecule has 0 N–H and O–H groups in total. The fraction of sp³-hybridized carbons (Fsp3) is 0.444. The Hall–Kier alpha value is -1.83. The van der Waals surface area contributed by atoms with Crippen LogP contribution in [-0.4, -0.2) is 19.2 Å². The van der Waals surface area contributed by atoms with Crippen molar-refractivity contribution in [3.05, 3.63) is 34.0 Å². The largest absolute Gasteiger partial charge is 0.418 e. The standard InChI is InChI=1S/C9H9F3N4O2/c1-17-8(18-2)7-5(9(10,11)12)3-14-4-6(7)15-16-13/h3-4,8H,1-2H3. The van der Waals surface area contributed by atoms with Gasteiger partial charge in [-0.05, 0) is 5.53 Å². The first-order valence-corrected chi connectivity index (χ1v) is 4.61. The first-order valence-electron chi connectivity index (χ1n) is 4.61. The van der Waals surface area contributed by atoms with Gasteiger partial charge in [0, 0.05) is 37.1 Å². The van der Waals surface area contributed by atoms with Gasteiger partial charge in [0.15, 0.2) is 6.29 Å². The van der Waals surface area contributed by atoms with Gasteiger partial charge in [-0.15, -0.1) is 0 Å². The summed E-state index contributed by atoms with van der Waals surface area (Å²) in [4.78, 5) is 5.83. The summed E-state index contributed by atoms with van der Waals surface area (Å²) in [5.41, 5.74) is 6.57. The number of hydrogen-bond acceptors (Lipinski definition) is 4. The van der Waals surface area contributed by atoms with Crippen molar-refractivity contribution in [1.82, 2.24) is 4.98 Å². The van der Waals surface area contributed by atoms with E-state index in [1.165, 1.54) is 14.2 Å². The molecule has 98 valence electrons. The molecule has 0 aliphatic rings. The minimum atomic E-state index is -4.65. The lowest BCUT2D eigenvalue weighted by atomic mass is 10.1. The third-order valence-electron chi connectivity index (χ3n) is 2.09. The van der Waals surface area contributed by atoms with Gasteiger partial charge in [0.2, 0.25) is 0 Å². The molecule has 0 bridgehead atoms. The van der Waals surface area contributed by atoms with Crippen molar-refractivity contribution in [3.8, 4) is 0 Å². The second kappa shape index (κ2) is 5.67. The van der Waals surface area contributed by atoms with Crippen molar-refractivity contribution in [2.24, 2.45) is 5.11 Å². The van der Waals surface area contributed by atoms with Crippen LogP contribution >= 0.6 is 0 Å². The molecule has 0 radical (unpaired) electrons. The molecule has 0 unspecified atom stereocenters. The summed E-state index contributed by atoms with van der Waals surface area (Å²) >= 11 is 0. The van der Waals surface area contributed by atoms with E-state index in [4.69, 9.17) is 15.0 Å². The molecule has 0 aliphatic carbocycles. The molecule has 9 heteroatoms. The second-order valence-corrected chi connectivity index (χ2v) is 3.11. The van der Waals surface area contributed by atoms with Crippen LogP contribution in [0.15, 0.2) is 17.5 Å². The second-order valence-electron chi connectivity index (χ2n) is 3.11. The number of methoxy groups -OCH3 is 2. The van der Waals surface area contributed by atoms with Crippen molar-refractivity contribution in [2.45, 2.75) is 12.5 Å². The Morgan fingerprint density at radius 2 is 1.94 bits per heavy atom. The first-order chi connectivity index (χ1) is 8.45. The Bertz CT molecular complexity index is 467. The van der Waals surface area contributed by atoms with Crippen molar-refractivity contribution < 1.29 is 22.6 Å². The number of hydrogen-bond donors (Lipinski definition) is 0. The minimum Gasteiger partial charge on any atom is -0.352 e. The predicted molar refractivity (Wildman–Crippen MR) is 54.8 cm³/mol. The van der Waals surface area contributed by atoms with Crippen molar-refractivity contribution in [2.75, 3.05) is 14.2 Å². The summed E-state index contributed by atoms with van der Waals surface area (Å²) in [5, 5.41) is 3.16. The highest BCUT2D eigenvalue weighted by molar-refractivity contribution is 5.49. The van der Waals surface area contributed by atoms with Gasteiger partial charge in [-0.3, -0.25) is 4.98 Å². The molecule has 0 fully saturated rings. The fourth-order valence-electron chi connectivity index (χ4n) is 1.39. The van der Waals surface area contributed by atoms with E-state index in [-0.39, 0.29) is 5.69 Å². The van der Waals surface area contributed by atoms with Crippen LogP contribution in [0.5, 0.6) is 0 Å². The maximum atomic E-state index is 12.8. The lowest BCUT2D eigenvalue weighted by Crippen LogP contribution is -2.15. The Morgan fingerprint density at radius 1 is 1.33 bits per heavy atom. The highest BCUT2D eigenvalue weighted by Gasteiger charge is 2.37. The summed E-state index contributed by atoms with van der Waals surface area (Å²) in [5.74, 6) is 0. The number of alkyl halides is 3. The Kier molecular flexibility index (Phi) is 4.49. The summed E-state index contributed by atoms with van der Waals surface area (Å²) in [6.45, 7) is 0. The van der Waals surface area contributed by atoms with Gasteiger partial charge < -0.3 is 9.47 Å². The van der Waals surface area contributed by atoms with Crippen LogP contribution in [-0.2, 0) is 15.7 Å². The van der Waals surface area contributed by atoms with Gasteiger partial charge >= 0.3 is 6.18 Å². The Balaban J connectivity index is 3.52. The van der Waals surface area contributed by atoms with Gasteiger partial charge in [-0.25, -0.2) is 0 Å². The molecule has 1 aromatic rings. The highest BCUT2D eigenvalue weighted by atomic mass is 19.4. The molecule has 18 heavy (non-hydrogen) atoms. The number of nitrogens with zero attached hydrogens (tertiary/aromatic N) is 4. The number of aromatic nitrogens is 1. The summed E-state index contributed by atoms with van der Waals surface area (Å²) in [6.07, 6.45) is -4.32. The van der Waals surface area contributed by atoms with Crippen LogP contribution < -0.4 is 0 Å².